The smallest absolute Gasteiger partial charge is 0.247 e. The molecule has 146 valence electrons. The minimum Gasteiger partial charge on any atom is -0.497 e. The van der Waals surface area contributed by atoms with Crippen LogP contribution in [0.5, 0.6) is 5.75 Å². The summed E-state index contributed by atoms with van der Waals surface area (Å²) in [4.78, 5) is 0. The van der Waals surface area contributed by atoms with Crippen LogP contribution in [0.4, 0.5) is 0 Å². The molecule has 1 aliphatic heterocycles. The van der Waals surface area contributed by atoms with E-state index < -0.39 is 10.0 Å². The fourth-order valence-corrected chi connectivity index (χ4v) is 4.90. The van der Waals surface area contributed by atoms with E-state index in [9.17, 15) is 8.42 Å². The molecule has 3 aromatic rings. The molecule has 0 bridgehead atoms. The molecule has 1 atom stereocenters. The number of hydrogen-bond donors (Lipinski definition) is 0. The highest BCUT2D eigenvalue weighted by Crippen LogP contribution is 2.31. The Labute approximate surface area is 164 Å². The van der Waals surface area contributed by atoms with Gasteiger partial charge in [-0.3, -0.25) is 0 Å². The molecule has 1 aromatic heterocycles. The van der Waals surface area contributed by atoms with Gasteiger partial charge in [0.15, 0.2) is 0 Å². The van der Waals surface area contributed by atoms with Crippen LogP contribution < -0.4 is 4.74 Å². The average molecular weight is 399 g/mol. The second-order valence-electron chi connectivity index (χ2n) is 6.76. The Morgan fingerprint density at radius 3 is 2.57 bits per heavy atom. The summed E-state index contributed by atoms with van der Waals surface area (Å²) in [5.74, 6) is 1.55. The minimum atomic E-state index is -3.38. The largest absolute Gasteiger partial charge is 0.497 e. The van der Waals surface area contributed by atoms with Gasteiger partial charge in [-0.25, -0.2) is 12.7 Å². The Kier molecular flexibility index (Phi) is 5.15. The van der Waals surface area contributed by atoms with E-state index in [0.29, 0.717) is 31.3 Å². The maximum absolute atomic E-state index is 12.7. The fourth-order valence-electron chi connectivity index (χ4n) is 3.31. The molecule has 0 aliphatic carbocycles. The Bertz CT molecular complexity index is 1030. The van der Waals surface area contributed by atoms with E-state index in [0.717, 1.165) is 16.9 Å². The van der Waals surface area contributed by atoms with Crippen LogP contribution in [0.1, 0.15) is 23.8 Å². The molecule has 8 heteroatoms. The number of ether oxygens (including phenoxy) is 1. The zero-order chi connectivity index (χ0) is 19.6. The number of nitrogens with zero attached hydrogens (tertiary/aromatic N) is 3. The normalized spacial score (nSPS) is 17.7. The van der Waals surface area contributed by atoms with E-state index in [-0.39, 0.29) is 11.7 Å². The van der Waals surface area contributed by atoms with Crippen LogP contribution in [0.25, 0.3) is 11.5 Å². The van der Waals surface area contributed by atoms with Gasteiger partial charge in [-0.2, -0.15) is 0 Å². The second-order valence-corrected chi connectivity index (χ2v) is 8.73. The maximum Gasteiger partial charge on any atom is 0.247 e. The van der Waals surface area contributed by atoms with Crippen molar-refractivity contribution in [2.24, 2.45) is 0 Å². The summed E-state index contributed by atoms with van der Waals surface area (Å²) in [6.45, 7) is 0.819. The standard InChI is InChI=1S/C20H21N3O4S/c1-26-18-9-7-16(8-10-18)19-21-22-20(27-19)17-11-12-23(13-17)28(24,25)14-15-5-3-2-4-6-15/h2-10,17H,11-14H2,1H3. The summed E-state index contributed by atoms with van der Waals surface area (Å²) < 4.78 is 37.9. The van der Waals surface area contributed by atoms with Gasteiger partial charge in [0.2, 0.25) is 21.8 Å². The van der Waals surface area contributed by atoms with Crippen LogP contribution in [0.3, 0.4) is 0 Å². The van der Waals surface area contributed by atoms with Crippen molar-refractivity contribution in [2.45, 2.75) is 18.1 Å². The number of rotatable bonds is 6. The van der Waals surface area contributed by atoms with E-state index in [2.05, 4.69) is 10.2 Å². The van der Waals surface area contributed by atoms with Crippen molar-refractivity contribution in [1.29, 1.82) is 0 Å². The summed E-state index contributed by atoms with van der Waals surface area (Å²) in [5.41, 5.74) is 1.58. The van der Waals surface area contributed by atoms with Gasteiger partial charge in [-0.1, -0.05) is 30.3 Å². The van der Waals surface area contributed by atoms with Gasteiger partial charge >= 0.3 is 0 Å². The van der Waals surface area contributed by atoms with Gasteiger partial charge in [-0.15, -0.1) is 10.2 Å². The van der Waals surface area contributed by atoms with Gasteiger partial charge in [0.1, 0.15) is 5.75 Å². The Morgan fingerprint density at radius 2 is 1.86 bits per heavy atom. The molecule has 2 aromatic carbocycles. The van der Waals surface area contributed by atoms with Crippen molar-refractivity contribution in [1.82, 2.24) is 14.5 Å². The van der Waals surface area contributed by atoms with E-state index in [1.807, 2.05) is 54.6 Å². The lowest BCUT2D eigenvalue weighted by molar-refractivity contribution is 0.414. The van der Waals surface area contributed by atoms with Crippen LogP contribution >= 0.6 is 0 Å². The minimum absolute atomic E-state index is 0.00148. The Hall–Kier alpha value is -2.71. The van der Waals surface area contributed by atoms with Crippen LogP contribution in [0.15, 0.2) is 59.0 Å². The Morgan fingerprint density at radius 1 is 1.11 bits per heavy atom. The molecule has 28 heavy (non-hydrogen) atoms. The Balaban J connectivity index is 1.45. The maximum atomic E-state index is 12.7. The first kappa shape index (κ1) is 18.6. The van der Waals surface area contributed by atoms with E-state index in [4.69, 9.17) is 9.15 Å². The number of methoxy groups -OCH3 is 1. The van der Waals surface area contributed by atoms with Crippen LogP contribution in [0, 0.1) is 0 Å². The molecule has 0 spiro atoms. The molecule has 4 rings (SSSR count). The highest BCUT2D eigenvalue weighted by Gasteiger charge is 2.34. The molecule has 0 saturated carbocycles. The van der Waals surface area contributed by atoms with E-state index in [1.165, 1.54) is 4.31 Å². The van der Waals surface area contributed by atoms with Crippen molar-refractivity contribution in [3.8, 4) is 17.2 Å². The number of benzene rings is 2. The second kappa shape index (κ2) is 7.73. The number of aromatic nitrogens is 2. The zero-order valence-electron chi connectivity index (χ0n) is 15.5. The lowest BCUT2D eigenvalue weighted by Crippen LogP contribution is -2.29. The summed E-state index contributed by atoms with van der Waals surface area (Å²) in [6, 6.07) is 16.6. The summed E-state index contributed by atoms with van der Waals surface area (Å²) in [5, 5.41) is 8.26. The van der Waals surface area contributed by atoms with Gasteiger partial charge in [0.25, 0.3) is 0 Å². The number of hydrogen-bond acceptors (Lipinski definition) is 6. The zero-order valence-corrected chi connectivity index (χ0v) is 16.3. The van der Waals surface area contributed by atoms with Gasteiger partial charge in [-0.05, 0) is 36.2 Å². The molecule has 0 amide bonds. The van der Waals surface area contributed by atoms with Crippen molar-refractivity contribution in [3.05, 3.63) is 66.1 Å². The third kappa shape index (κ3) is 3.93. The average Bonchev–Trinajstić information content (AvgIpc) is 3.38. The molecule has 1 saturated heterocycles. The summed E-state index contributed by atoms with van der Waals surface area (Å²) >= 11 is 0. The van der Waals surface area contributed by atoms with Crippen molar-refractivity contribution < 1.29 is 17.6 Å². The molecule has 7 nitrogen and oxygen atoms in total. The third-order valence-electron chi connectivity index (χ3n) is 4.86. The van der Waals surface area contributed by atoms with Gasteiger partial charge < -0.3 is 9.15 Å². The van der Waals surface area contributed by atoms with Crippen LogP contribution in [0.2, 0.25) is 0 Å². The highest BCUT2D eigenvalue weighted by molar-refractivity contribution is 7.88. The SMILES string of the molecule is COc1ccc(-c2nnc(C3CCN(S(=O)(=O)Cc4ccccc4)C3)o2)cc1. The first-order chi connectivity index (χ1) is 13.5. The molecule has 0 N–H and O–H groups in total. The summed E-state index contributed by atoms with van der Waals surface area (Å²) in [7, 11) is -1.77. The quantitative estimate of drug-likeness (QED) is 0.633. The fraction of sp³-hybridized carbons (Fsp3) is 0.300. The van der Waals surface area contributed by atoms with Crippen molar-refractivity contribution >= 4 is 10.0 Å². The van der Waals surface area contributed by atoms with Crippen molar-refractivity contribution in [2.75, 3.05) is 20.2 Å². The van der Waals surface area contributed by atoms with Crippen LogP contribution in [-0.4, -0.2) is 43.1 Å². The number of sulfonamides is 1. The predicted molar refractivity (Wildman–Crippen MR) is 104 cm³/mol. The molecular formula is C20H21N3O4S. The lowest BCUT2D eigenvalue weighted by Gasteiger charge is -2.15. The molecule has 1 unspecified atom stereocenters. The van der Waals surface area contributed by atoms with E-state index in [1.54, 1.807) is 7.11 Å². The molecule has 1 fully saturated rings. The monoisotopic (exact) mass is 399 g/mol. The highest BCUT2D eigenvalue weighted by atomic mass is 32.2. The first-order valence-corrected chi connectivity index (χ1v) is 10.7. The van der Waals surface area contributed by atoms with Crippen LogP contribution in [-0.2, 0) is 15.8 Å². The molecule has 2 heterocycles. The van der Waals surface area contributed by atoms with Gasteiger partial charge in [0, 0.05) is 18.7 Å². The molecular weight excluding hydrogens is 378 g/mol. The topological polar surface area (TPSA) is 85.5 Å². The molecule has 0 radical (unpaired) electrons. The first-order valence-electron chi connectivity index (χ1n) is 9.05. The third-order valence-corrected chi connectivity index (χ3v) is 6.68. The molecule has 1 aliphatic rings. The summed E-state index contributed by atoms with van der Waals surface area (Å²) in [6.07, 6.45) is 0.665. The predicted octanol–water partition coefficient (Wildman–Crippen LogP) is 3.06. The van der Waals surface area contributed by atoms with E-state index >= 15 is 0 Å². The van der Waals surface area contributed by atoms with Crippen molar-refractivity contribution in [3.63, 3.8) is 0 Å². The lowest BCUT2D eigenvalue weighted by atomic mass is 10.1. The van der Waals surface area contributed by atoms with Gasteiger partial charge in [0.05, 0.1) is 18.8 Å².